The predicted molar refractivity (Wildman–Crippen MR) is 70.1 cm³/mol. The first-order valence-electron chi connectivity index (χ1n) is 5.46. The third-order valence-electron chi connectivity index (χ3n) is 2.27. The number of aromatic carboxylic acids is 2. The Morgan fingerprint density at radius 2 is 0.952 bits per heavy atom. The Bertz CT molecular complexity index is 571. The van der Waals surface area contributed by atoms with Crippen LogP contribution >= 0.6 is 0 Å². The van der Waals surface area contributed by atoms with Crippen LogP contribution in [0.4, 0.5) is 0 Å². The van der Waals surface area contributed by atoms with Crippen LogP contribution in [0.25, 0.3) is 0 Å². The molecule has 0 bridgehead atoms. The molecule has 0 amide bonds. The van der Waals surface area contributed by atoms with E-state index in [1.165, 1.54) is 24.3 Å². The summed E-state index contributed by atoms with van der Waals surface area (Å²) >= 11 is 0. The van der Waals surface area contributed by atoms with E-state index < -0.39 is 11.9 Å². The molecule has 2 rings (SSSR count). The molecule has 0 saturated heterocycles. The maximum atomic E-state index is 10.3. The van der Waals surface area contributed by atoms with Crippen LogP contribution in [-0.4, -0.2) is 32.4 Å². The second-order valence-electron chi connectivity index (χ2n) is 3.64. The summed E-state index contributed by atoms with van der Waals surface area (Å²) in [4.78, 5) is 20.5. The van der Waals surface area contributed by atoms with E-state index in [4.69, 9.17) is 20.4 Å². The molecule has 0 aliphatic heterocycles. The van der Waals surface area contributed by atoms with Crippen LogP contribution in [0.1, 0.15) is 20.7 Å². The van der Waals surface area contributed by atoms with Crippen molar-refractivity contribution in [2.45, 2.75) is 0 Å². The van der Waals surface area contributed by atoms with Gasteiger partial charge in [-0.2, -0.15) is 0 Å². The Hall–Kier alpha value is -2.51. The van der Waals surface area contributed by atoms with E-state index in [1.54, 1.807) is 24.3 Å². The van der Waals surface area contributed by atoms with E-state index in [0.29, 0.717) is 0 Å². The van der Waals surface area contributed by atoms with Crippen LogP contribution in [0.2, 0.25) is 0 Å². The third-order valence-corrected chi connectivity index (χ3v) is 2.27. The molecule has 0 fully saturated rings. The van der Waals surface area contributed by atoms with Gasteiger partial charge in [-0.15, -0.1) is 0 Å². The monoisotopic (exact) mass is 335 g/mol. The molecule has 4 N–H and O–H groups in total. The number of benzene rings is 2. The summed E-state index contributed by atoms with van der Waals surface area (Å²) in [7, 11) is 0. The van der Waals surface area contributed by atoms with Gasteiger partial charge in [0, 0.05) is 16.8 Å². The molecule has 0 aromatic heterocycles. The van der Waals surface area contributed by atoms with E-state index in [1.807, 2.05) is 0 Å². The van der Waals surface area contributed by atoms with Crippen LogP contribution in [0, 0.1) is 0 Å². The molecular weight excluding hydrogens is 323 g/mol. The summed E-state index contributed by atoms with van der Waals surface area (Å²) in [6, 6.07) is 11.6. The molecule has 7 heteroatoms. The number of para-hydroxylation sites is 2. The van der Waals surface area contributed by atoms with Crippen LogP contribution in [0.5, 0.6) is 11.5 Å². The molecule has 21 heavy (non-hydrogen) atoms. The average molecular weight is 335 g/mol. The van der Waals surface area contributed by atoms with Gasteiger partial charge in [-0.25, -0.2) is 9.59 Å². The van der Waals surface area contributed by atoms with E-state index in [0.717, 1.165) is 0 Å². The van der Waals surface area contributed by atoms with Crippen LogP contribution in [-0.2, 0) is 16.8 Å². The fourth-order valence-corrected chi connectivity index (χ4v) is 1.31. The largest absolute Gasteiger partial charge is 0.507 e. The van der Waals surface area contributed by atoms with Crippen molar-refractivity contribution >= 4 is 11.9 Å². The number of carboxylic acid groups (broad SMARTS) is 2. The normalized spacial score (nSPS) is 8.76. The molecule has 113 valence electrons. The zero-order chi connectivity index (χ0) is 15.1. The summed E-state index contributed by atoms with van der Waals surface area (Å²) in [6.45, 7) is 0. The maximum absolute atomic E-state index is 10.3. The molecule has 0 aliphatic carbocycles. The predicted octanol–water partition coefficient (Wildman–Crippen LogP) is 2.18. The van der Waals surface area contributed by atoms with Gasteiger partial charge >= 0.3 is 11.9 Å². The van der Waals surface area contributed by atoms with Gasteiger partial charge in [0.05, 0.1) is 0 Å². The van der Waals surface area contributed by atoms with Gasteiger partial charge in [0.25, 0.3) is 0 Å². The third kappa shape index (κ3) is 5.55. The number of carbonyl (C=O) groups is 2. The van der Waals surface area contributed by atoms with Gasteiger partial charge in [0.1, 0.15) is 22.6 Å². The molecule has 0 atom stereocenters. The van der Waals surface area contributed by atoms with Gasteiger partial charge in [-0.1, -0.05) is 24.3 Å². The summed E-state index contributed by atoms with van der Waals surface area (Å²) < 4.78 is 0. The number of phenols is 2. The van der Waals surface area contributed by atoms with Crippen LogP contribution in [0.15, 0.2) is 48.5 Å². The Morgan fingerprint density at radius 1 is 0.667 bits per heavy atom. The smallest absolute Gasteiger partial charge is 0.339 e. The van der Waals surface area contributed by atoms with Gasteiger partial charge in [-0.3, -0.25) is 0 Å². The summed E-state index contributed by atoms with van der Waals surface area (Å²) in [5, 5.41) is 34.6. The maximum Gasteiger partial charge on any atom is 0.339 e. The molecule has 0 saturated carbocycles. The Kier molecular flexibility index (Phi) is 7.59. The first-order valence-corrected chi connectivity index (χ1v) is 5.46. The number of carboxylic acids is 2. The first-order chi connectivity index (χ1) is 9.43. The van der Waals surface area contributed by atoms with Gasteiger partial charge in [0.2, 0.25) is 0 Å². The van der Waals surface area contributed by atoms with Crippen molar-refractivity contribution in [3.05, 3.63) is 59.7 Å². The van der Waals surface area contributed by atoms with Crippen LogP contribution in [0.3, 0.4) is 0 Å². The molecule has 0 heterocycles. The number of hydrogen-bond donors (Lipinski definition) is 4. The minimum Gasteiger partial charge on any atom is -0.507 e. The molecule has 2 aromatic rings. The summed E-state index contributed by atoms with van der Waals surface area (Å²) in [6.07, 6.45) is 0. The van der Waals surface area contributed by atoms with Gasteiger partial charge in [0.15, 0.2) is 0 Å². The standard InChI is InChI=1S/2C7H6O3.Co/c2*8-6-4-2-1-3-5(6)7(9)10;/h2*1-4,8H,(H,9,10);. The fourth-order valence-electron chi connectivity index (χ4n) is 1.31. The number of aromatic hydroxyl groups is 2. The molecule has 1 radical (unpaired) electrons. The second kappa shape index (κ2) is 8.62. The summed E-state index contributed by atoms with van der Waals surface area (Å²) in [5.74, 6) is -2.62. The minimum absolute atomic E-state index is 0. The molecule has 0 spiro atoms. The van der Waals surface area contributed by atoms with E-state index in [9.17, 15) is 9.59 Å². The molecule has 6 nitrogen and oxygen atoms in total. The van der Waals surface area contributed by atoms with Crippen molar-refractivity contribution in [2.75, 3.05) is 0 Å². The quantitative estimate of drug-likeness (QED) is 0.669. The Balaban J connectivity index is 0.000000364. The number of rotatable bonds is 2. The number of hydrogen-bond acceptors (Lipinski definition) is 4. The molecule has 0 unspecified atom stereocenters. The van der Waals surface area contributed by atoms with Crippen LogP contribution < -0.4 is 0 Å². The van der Waals surface area contributed by atoms with Crippen molar-refractivity contribution in [1.82, 2.24) is 0 Å². The van der Waals surface area contributed by atoms with Crippen molar-refractivity contribution in [2.24, 2.45) is 0 Å². The molecular formula is C14H12CoO6. The van der Waals surface area contributed by atoms with E-state index >= 15 is 0 Å². The van der Waals surface area contributed by atoms with Crippen molar-refractivity contribution in [1.29, 1.82) is 0 Å². The zero-order valence-corrected chi connectivity index (χ0v) is 11.6. The second-order valence-corrected chi connectivity index (χ2v) is 3.64. The van der Waals surface area contributed by atoms with Crippen molar-refractivity contribution in [3.63, 3.8) is 0 Å². The SMILES string of the molecule is O=C(O)c1ccccc1O.O=C(O)c1ccccc1O.[Co]. The summed E-state index contributed by atoms with van der Waals surface area (Å²) in [5.41, 5.74) is -0.134. The molecule has 2 aromatic carbocycles. The van der Waals surface area contributed by atoms with Crippen molar-refractivity contribution in [3.8, 4) is 11.5 Å². The Labute approximate surface area is 130 Å². The topological polar surface area (TPSA) is 115 Å². The van der Waals surface area contributed by atoms with E-state index in [-0.39, 0.29) is 39.4 Å². The Morgan fingerprint density at radius 3 is 1.14 bits per heavy atom. The van der Waals surface area contributed by atoms with E-state index in [2.05, 4.69) is 0 Å². The fraction of sp³-hybridized carbons (Fsp3) is 0. The average Bonchev–Trinajstić information content (AvgIpc) is 2.40. The zero-order valence-electron chi connectivity index (χ0n) is 10.6. The molecule has 0 aliphatic rings. The first kappa shape index (κ1) is 18.5. The van der Waals surface area contributed by atoms with Gasteiger partial charge < -0.3 is 20.4 Å². The van der Waals surface area contributed by atoms with Gasteiger partial charge in [-0.05, 0) is 24.3 Å². The minimum atomic E-state index is -1.11. The van der Waals surface area contributed by atoms with Crippen molar-refractivity contribution < 1.29 is 46.8 Å².